The van der Waals surface area contributed by atoms with E-state index in [4.69, 9.17) is 13.8 Å². The first kappa shape index (κ1) is 22.9. The van der Waals surface area contributed by atoms with Gasteiger partial charge in [0.1, 0.15) is 11.4 Å². The van der Waals surface area contributed by atoms with Crippen LogP contribution in [0.4, 0.5) is 0 Å². The van der Waals surface area contributed by atoms with Crippen molar-refractivity contribution in [3.8, 4) is 5.75 Å². The van der Waals surface area contributed by atoms with Crippen LogP contribution in [0, 0.1) is 0 Å². The molecule has 1 aromatic rings. The highest BCUT2D eigenvalue weighted by Gasteiger charge is 2.34. The SMILES string of the molecule is COc1c(C(C)(C)C)cc(C=CC(=O)C(C)P(=O)(OC)OC)c2c1CCCC2. The van der Waals surface area contributed by atoms with E-state index in [1.54, 1.807) is 14.0 Å². The molecule has 1 aromatic carbocycles. The second-order valence-electron chi connectivity index (χ2n) is 8.28. The third-order valence-corrected chi connectivity index (χ3v) is 7.69. The van der Waals surface area contributed by atoms with E-state index in [0.29, 0.717) is 0 Å². The van der Waals surface area contributed by atoms with Crippen LogP contribution in [-0.2, 0) is 36.7 Å². The van der Waals surface area contributed by atoms with Crippen molar-refractivity contribution in [1.82, 2.24) is 0 Å². The molecule has 0 saturated carbocycles. The van der Waals surface area contributed by atoms with E-state index in [1.165, 1.54) is 31.4 Å². The minimum absolute atomic E-state index is 0.0838. The van der Waals surface area contributed by atoms with Gasteiger partial charge in [0.25, 0.3) is 0 Å². The molecule has 0 heterocycles. The van der Waals surface area contributed by atoms with Crippen molar-refractivity contribution < 1.29 is 23.1 Å². The second-order valence-corrected chi connectivity index (χ2v) is 10.9. The van der Waals surface area contributed by atoms with Crippen LogP contribution in [-0.4, -0.2) is 32.8 Å². The first-order chi connectivity index (χ1) is 13.1. The Kier molecular flexibility index (Phi) is 7.30. The van der Waals surface area contributed by atoms with Crippen molar-refractivity contribution in [3.63, 3.8) is 0 Å². The third kappa shape index (κ3) is 4.59. The van der Waals surface area contributed by atoms with Crippen LogP contribution in [0.3, 0.4) is 0 Å². The number of carbonyl (C=O) groups excluding carboxylic acids is 1. The van der Waals surface area contributed by atoms with Gasteiger partial charge in [0.05, 0.1) is 7.11 Å². The molecule has 1 aliphatic rings. The van der Waals surface area contributed by atoms with Crippen LogP contribution in [0.1, 0.15) is 62.8 Å². The molecular formula is C22H33O5P. The maximum atomic E-state index is 12.6. The largest absolute Gasteiger partial charge is 0.496 e. The average molecular weight is 408 g/mol. The van der Waals surface area contributed by atoms with E-state index in [2.05, 4.69) is 26.8 Å². The normalized spacial score (nSPS) is 16.1. The Labute approximate surface area is 169 Å². The van der Waals surface area contributed by atoms with E-state index in [-0.39, 0.29) is 11.2 Å². The van der Waals surface area contributed by atoms with Crippen LogP contribution < -0.4 is 4.74 Å². The van der Waals surface area contributed by atoms with Gasteiger partial charge in [-0.05, 0) is 66.9 Å². The summed E-state index contributed by atoms with van der Waals surface area (Å²) in [6.45, 7) is 8.06. The summed E-state index contributed by atoms with van der Waals surface area (Å²) < 4.78 is 28.2. The van der Waals surface area contributed by atoms with Gasteiger partial charge in [0.2, 0.25) is 0 Å². The molecule has 0 spiro atoms. The van der Waals surface area contributed by atoms with Gasteiger partial charge in [0.15, 0.2) is 5.78 Å². The molecule has 1 atom stereocenters. The number of ketones is 1. The Bertz CT molecular complexity index is 796. The number of allylic oxidation sites excluding steroid dienone is 1. The van der Waals surface area contributed by atoms with Crippen LogP contribution in [0.25, 0.3) is 6.08 Å². The monoisotopic (exact) mass is 408 g/mol. The van der Waals surface area contributed by atoms with E-state index in [0.717, 1.165) is 42.6 Å². The molecule has 1 unspecified atom stereocenters. The lowest BCUT2D eigenvalue weighted by molar-refractivity contribution is -0.114. The maximum Gasteiger partial charge on any atom is 0.340 e. The maximum absolute atomic E-state index is 12.6. The Morgan fingerprint density at radius 3 is 2.18 bits per heavy atom. The molecule has 5 nitrogen and oxygen atoms in total. The van der Waals surface area contributed by atoms with Crippen LogP contribution in [0.15, 0.2) is 12.1 Å². The zero-order chi connectivity index (χ0) is 21.1. The van der Waals surface area contributed by atoms with Crippen molar-refractivity contribution in [1.29, 1.82) is 0 Å². The number of ether oxygens (including phenoxy) is 1. The molecule has 6 heteroatoms. The van der Waals surface area contributed by atoms with Crippen molar-refractivity contribution in [2.75, 3.05) is 21.3 Å². The van der Waals surface area contributed by atoms with Crippen molar-refractivity contribution in [2.24, 2.45) is 0 Å². The molecule has 0 aromatic heterocycles. The fraction of sp³-hybridized carbons (Fsp3) is 0.591. The number of carbonyl (C=O) groups is 1. The standard InChI is InChI=1S/C22H33O5P/c1-15(28(24,26-6)27-7)20(23)13-12-16-14-19(22(2,3)4)21(25-5)18-11-9-8-10-17(16)18/h12-15H,8-11H2,1-7H3. The number of rotatable bonds is 7. The Balaban J connectivity index is 2.49. The van der Waals surface area contributed by atoms with Gasteiger partial charge >= 0.3 is 7.60 Å². The Hall–Kier alpha value is -1.42. The van der Waals surface area contributed by atoms with Crippen molar-refractivity contribution >= 4 is 19.5 Å². The molecular weight excluding hydrogens is 375 g/mol. The van der Waals surface area contributed by atoms with Crippen molar-refractivity contribution in [3.05, 3.63) is 34.4 Å². The zero-order valence-corrected chi connectivity index (χ0v) is 19.0. The summed E-state index contributed by atoms with van der Waals surface area (Å²) in [7, 11) is 0.885. The molecule has 2 rings (SSSR count). The predicted molar refractivity (Wildman–Crippen MR) is 113 cm³/mol. The molecule has 0 saturated heterocycles. The highest BCUT2D eigenvalue weighted by Crippen LogP contribution is 2.51. The predicted octanol–water partition coefficient (Wildman–Crippen LogP) is 5.33. The Morgan fingerprint density at radius 2 is 1.68 bits per heavy atom. The summed E-state index contributed by atoms with van der Waals surface area (Å²) in [5, 5.41) is 0. The zero-order valence-electron chi connectivity index (χ0n) is 18.1. The van der Waals surface area contributed by atoms with Gasteiger partial charge < -0.3 is 13.8 Å². The number of hydrogen-bond acceptors (Lipinski definition) is 5. The highest BCUT2D eigenvalue weighted by molar-refractivity contribution is 7.55. The lowest BCUT2D eigenvalue weighted by atomic mass is 9.78. The first-order valence-corrected chi connectivity index (χ1v) is 11.4. The van der Waals surface area contributed by atoms with Gasteiger partial charge in [-0.2, -0.15) is 0 Å². The summed E-state index contributed by atoms with van der Waals surface area (Å²) in [5.41, 5.74) is 3.73. The summed E-state index contributed by atoms with van der Waals surface area (Å²) >= 11 is 0. The van der Waals surface area contributed by atoms with E-state index in [1.807, 2.05) is 6.08 Å². The van der Waals surface area contributed by atoms with Gasteiger partial charge in [-0.1, -0.05) is 26.8 Å². The summed E-state index contributed by atoms with van der Waals surface area (Å²) in [6, 6.07) is 2.13. The number of fused-ring (bicyclic) bond motifs is 1. The van der Waals surface area contributed by atoms with Crippen LogP contribution >= 0.6 is 7.60 Å². The molecule has 0 fully saturated rings. The second kappa shape index (κ2) is 8.94. The number of benzene rings is 1. The van der Waals surface area contributed by atoms with E-state index >= 15 is 0 Å². The smallest absolute Gasteiger partial charge is 0.340 e. The lowest BCUT2D eigenvalue weighted by Crippen LogP contribution is -2.18. The number of hydrogen-bond donors (Lipinski definition) is 0. The third-order valence-electron chi connectivity index (χ3n) is 5.47. The van der Waals surface area contributed by atoms with Crippen LogP contribution in [0.5, 0.6) is 5.75 Å². The molecule has 0 bridgehead atoms. The quantitative estimate of drug-likeness (QED) is 0.451. The van der Waals surface area contributed by atoms with Crippen molar-refractivity contribution in [2.45, 2.75) is 64.5 Å². The Morgan fingerprint density at radius 1 is 1.11 bits per heavy atom. The lowest BCUT2D eigenvalue weighted by Gasteiger charge is -2.29. The molecule has 156 valence electrons. The topological polar surface area (TPSA) is 61.8 Å². The average Bonchev–Trinajstić information content (AvgIpc) is 2.69. The fourth-order valence-corrected chi connectivity index (χ4v) is 4.92. The summed E-state index contributed by atoms with van der Waals surface area (Å²) in [6.07, 6.45) is 7.55. The molecule has 28 heavy (non-hydrogen) atoms. The van der Waals surface area contributed by atoms with Gasteiger partial charge in [-0.3, -0.25) is 9.36 Å². The summed E-state index contributed by atoms with van der Waals surface area (Å²) in [5.74, 6) is 0.701. The number of methoxy groups -OCH3 is 1. The molecule has 1 aliphatic carbocycles. The molecule has 0 radical (unpaired) electrons. The van der Waals surface area contributed by atoms with Gasteiger partial charge in [-0.15, -0.1) is 0 Å². The van der Waals surface area contributed by atoms with Gasteiger partial charge in [0, 0.05) is 19.8 Å². The summed E-state index contributed by atoms with van der Waals surface area (Å²) in [4.78, 5) is 12.6. The fourth-order valence-electron chi connectivity index (χ4n) is 3.74. The molecule has 0 amide bonds. The molecule has 0 N–H and O–H groups in total. The van der Waals surface area contributed by atoms with E-state index in [9.17, 15) is 9.36 Å². The first-order valence-electron chi connectivity index (χ1n) is 9.75. The van der Waals surface area contributed by atoms with Gasteiger partial charge in [-0.25, -0.2) is 0 Å². The highest BCUT2D eigenvalue weighted by atomic mass is 31.2. The van der Waals surface area contributed by atoms with E-state index < -0.39 is 13.3 Å². The minimum atomic E-state index is -3.44. The minimum Gasteiger partial charge on any atom is -0.496 e. The van der Waals surface area contributed by atoms with Crippen LogP contribution in [0.2, 0.25) is 0 Å². The molecule has 0 aliphatic heterocycles.